The molecule has 1 aliphatic heterocycles. The summed E-state index contributed by atoms with van der Waals surface area (Å²) in [7, 11) is 0. The summed E-state index contributed by atoms with van der Waals surface area (Å²) < 4.78 is 0. The Hall–Kier alpha value is -1.91. The molecule has 14 heavy (non-hydrogen) atoms. The van der Waals surface area contributed by atoms with Crippen molar-refractivity contribution in [3.05, 3.63) is 39.4 Å². The summed E-state index contributed by atoms with van der Waals surface area (Å²) in [6, 6.07) is 4.70. The number of nitrogens with zero attached hydrogens (tertiary/aromatic N) is 2. The van der Waals surface area contributed by atoms with Gasteiger partial charge in [0.2, 0.25) is 6.41 Å². The molecule has 1 heterocycles. The number of rotatable bonds is 2. The number of carbonyl (C=O) groups is 1. The van der Waals surface area contributed by atoms with Crippen molar-refractivity contribution in [3.63, 3.8) is 0 Å². The van der Waals surface area contributed by atoms with Gasteiger partial charge in [0.25, 0.3) is 5.69 Å². The molecular weight excluding hydrogens is 184 g/mol. The summed E-state index contributed by atoms with van der Waals surface area (Å²) in [4.78, 5) is 22.1. The smallest absolute Gasteiger partial charge is 0.269 e. The van der Waals surface area contributed by atoms with Gasteiger partial charge >= 0.3 is 0 Å². The number of non-ortho nitro benzene ring substituents is 1. The van der Waals surface area contributed by atoms with Crippen LogP contribution in [0.3, 0.4) is 0 Å². The molecule has 0 radical (unpaired) electrons. The summed E-state index contributed by atoms with van der Waals surface area (Å²) in [6.07, 6.45) is 0.756. The van der Waals surface area contributed by atoms with Gasteiger partial charge < -0.3 is 4.90 Å². The van der Waals surface area contributed by atoms with Crippen molar-refractivity contribution in [1.82, 2.24) is 4.90 Å². The van der Waals surface area contributed by atoms with Gasteiger partial charge in [-0.1, -0.05) is 6.07 Å². The van der Waals surface area contributed by atoms with Crippen molar-refractivity contribution in [2.24, 2.45) is 0 Å². The molecule has 2 rings (SSSR count). The van der Waals surface area contributed by atoms with E-state index in [-0.39, 0.29) is 5.69 Å². The Labute approximate surface area is 80.1 Å². The fourth-order valence-corrected chi connectivity index (χ4v) is 1.60. The highest BCUT2D eigenvalue weighted by molar-refractivity contribution is 5.52. The van der Waals surface area contributed by atoms with Crippen LogP contribution in [0.1, 0.15) is 11.1 Å². The predicted octanol–water partition coefficient (Wildman–Crippen LogP) is 1.07. The number of benzene rings is 1. The summed E-state index contributed by atoms with van der Waals surface area (Å²) in [5, 5.41) is 10.5. The van der Waals surface area contributed by atoms with Crippen LogP contribution in [0.2, 0.25) is 0 Å². The van der Waals surface area contributed by atoms with Crippen LogP contribution in [0.4, 0.5) is 5.69 Å². The highest BCUT2D eigenvalue weighted by Crippen LogP contribution is 2.25. The zero-order valence-corrected chi connectivity index (χ0v) is 7.34. The lowest BCUT2D eigenvalue weighted by molar-refractivity contribution is -0.384. The largest absolute Gasteiger partial charge is 0.337 e. The molecule has 0 bridgehead atoms. The highest BCUT2D eigenvalue weighted by Gasteiger charge is 2.19. The molecular formula is C9H8N2O3. The molecule has 0 N–H and O–H groups in total. The first kappa shape index (κ1) is 8.68. The van der Waals surface area contributed by atoms with E-state index >= 15 is 0 Å². The van der Waals surface area contributed by atoms with E-state index in [0.29, 0.717) is 13.1 Å². The third-order valence-corrected chi connectivity index (χ3v) is 2.30. The number of nitro groups is 1. The Balaban J connectivity index is 2.35. The minimum atomic E-state index is -0.427. The average Bonchev–Trinajstić information content (AvgIpc) is 2.58. The minimum Gasteiger partial charge on any atom is -0.337 e. The second-order valence-corrected chi connectivity index (χ2v) is 3.22. The van der Waals surface area contributed by atoms with Crippen LogP contribution in [0.25, 0.3) is 0 Å². The lowest BCUT2D eigenvalue weighted by Gasteiger charge is -2.04. The fourth-order valence-electron chi connectivity index (χ4n) is 1.60. The zero-order valence-electron chi connectivity index (χ0n) is 7.34. The molecule has 0 spiro atoms. The molecule has 1 aromatic carbocycles. The molecule has 72 valence electrons. The molecule has 0 fully saturated rings. The van der Waals surface area contributed by atoms with Gasteiger partial charge in [0.15, 0.2) is 0 Å². The average molecular weight is 192 g/mol. The Morgan fingerprint density at radius 3 is 2.71 bits per heavy atom. The topological polar surface area (TPSA) is 63.5 Å². The quantitative estimate of drug-likeness (QED) is 0.400. The van der Waals surface area contributed by atoms with Crippen molar-refractivity contribution in [2.45, 2.75) is 13.1 Å². The molecule has 0 aliphatic carbocycles. The standard InChI is InChI=1S/C9H8N2O3/c12-6-10-4-7-1-2-9(11(13)14)3-8(7)5-10/h1-3,6H,4-5H2. The number of amides is 1. The van der Waals surface area contributed by atoms with Gasteiger partial charge in [-0.3, -0.25) is 14.9 Å². The van der Waals surface area contributed by atoms with E-state index in [1.807, 2.05) is 0 Å². The fraction of sp³-hybridized carbons (Fsp3) is 0.222. The van der Waals surface area contributed by atoms with E-state index < -0.39 is 4.92 Å². The van der Waals surface area contributed by atoms with Gasteiger partial charge in [-0.05, 0) is 11.1 Å². The molecule has 1 amide bonds. The molecule has 0 atom stereocenters. The maximum atomic E-state index is 10.5. The molecule has 1 aromatic rings. The van der Waals surface area contributed by atoms with Crippen LogP contribution in [0, 0.1) is 10.1 Å². The van der Waals surface area contributed by atoms with Gasteiger partial charge in [-0.2, -0.15) is 0 Å². The van der Waals surface area contributed by atoms with Crippen molar-refractivity contribution < 1.29 is 9.72 Å². The maximum absolute atomic E-state index is 10.5. The minimum absolute atomic E-state index is 0.0801. The molecule has 0 unspecified atom stereocenters. The Kier molecular flexibility index (Phi) is 1.92. The Morgan fingerprint density at radius 2 is 2.07 bits per heavy atom. The number of carbonyl (C=O) groups excluding carboxylic acids is 1. The summed E-state index contributed by atoms with van der Waals surface area (Å²) in [6.45, 7) is 1.03. The highest BCUT2D eigenvalue weighted by atomic mass is 16.6. The third-order valence-electron chi connectivity index (χ3n) is 2.30. The zero-order chi connectivity index (χ0) is 10.1. The van der Waals surface area contributed by atoms with Gasteiger partial charge in [0, 0.05) is 25.2 Å². The van der Waals surface area contributed by atoms with Gasteiger partial charge in [0.05, 0.1) is 4.92 Å². The number of hydrogen-bond donors (Lipinski definition) is 0. The van der Waals surface area contributed by atoms with Crippen LogP contribution in [0.5, 0.6) is 0 Å². The monoisotopic (exact) mass is 192 g/mol. The SMILES string of the molecule is O=CN1Cc2ccc([N+](=O)[O-])cc2C1. The normalized spacial score (nSPS) is 13.9. The van der Waals surface area contributed by atoms with Gasteiger partial charge in [0.1, 0.15) is 0 Å². The lowest BCUT2D eigenvalue weighted by Crippen LogP contribution is -2.12. The van der Waals surface area contributed by atoms with Crippen molar-refractivity contribution in [2.75, 3.05) is 0 Å². The van der Waals surface area contributed by atoms with E-state index in [9.17, 15) is 14.9 Å². The van der Waals surface area contributed by atoms with E-state index in [1.54, 1.807) is 11.0 Å². The van der Waals surface area contributed by atoms with E-state index in [2.05, 4.69) is 0 Å². The van der Waals surface area contributed by atoms with Crippen LogP contribution in [-0.2, 0) is 17.9 Å². The second-order valence-electron chi connectivity index (χ2n) is 3.22. The van der Waals surface area contributed by atoms with Crippen molar-refractivity contribution in [3.8, 4) is 0 Å². The maximum Gasteiger partial charge on any atom is 0.269 e. The van der Waals surface area contributed by atoms with Crippen molar-refractivity contribution >= 4 is 12.1 Å². The van der Waals surface area contributed by atoms with E-state index in [4.69, 9.17) is 0 Å². The van der Waals surface area contributed by atoms with Crippen molar-refractivity contribution in [1.29, 1.82) is 0 Å². The lowest BCUT2D eigenvalue weighted by atomic mass is 10.1. The van der Waals surface area contributed by atoms with E-state index in [0.717, 1.165) is 17.5 Å². The van der Waals surface area contributed by atoms with Gasteiger partial charge in [-0.25, -0.2) is 0 Å². The Bertz CT molecular complexity index is 403. The summed E-state index contributed by atoms with van der Waals surface area (Å²) in [5.41, 5.74) is 1.94. The summed E-state index contributed by atoms with van der Waals surface area (Å²) >= 11 is 0. The molecule has 0 aromatic heterocycles. The molecule has 0 saturated carbocycles. The van der Waals surface area contributed by atoms with Crippen LogP contribution < -0.4 is 0 Å². The molecule has 0 saturated heterocycles. The number of hydrogen-bond acceptors (Lipinski definition) is 3. The Morgan fingerprint density at radius 1 is 1.36 bits per heavy atom. The van der Waals surface area contributed by atoms with Gasteiger partial charge in [-0.15, -0.1) is 0 Å². The second kappa shape index (κ2) is 3.10. The molecule has 5 heteroatoms. The first-order valence-electron chi connectivity index (χ1n) is 4.16. The number of fused-ring (bicyclic) bond motifs is 1. The predicted molar refractivity (Wildman–Crippen MR) is 48.4 cm³/mol. The third kappa shape index (κ3) is 1.32. The molecule has 5 nitrogen and oxygen atoms in total. The van der Waals surface area contributed by atoms with Crippen LogP contribution in [-0.4, -0.2) is 16.2 Å². The van der Waals surface area contributed by atoms with E-state index in [1.165, 1.54) is 12.1 Å². The number of nitro benzene ring substituents is 1. The first-order valence-corrected chi connectivity index (χ1v) is 4.16. The first-order chi connectivity index (χ1) is 6.70. The van der Waals surface area contributed by atoms with Crippen LogP contribution in [0.15, 0.2) is 18.2 Å². The van der Waals surface area contributed by atoms with Crippen LogP contribution >= 0.6 is 0 Å². The summed E-state index contributed by atoms with van der Waals surface area (Å²) in [5.74, 6) is 0. The molecule has 1 aliphatic rings.